The molecule has 5 aliphatic rings. The Morgan fingerprint density at radius 1 is 0.976 bits per heavy atom. The second kappa shape index (κ2) is 10.2. The number of allylic oxidation sites excluding steroid dienone is 4. The number of ketones is 4. The molecule has 3 N–H and O–H groups in total. The van der Waals surface area contributed by atoms with Gasteiger partial charge in [-0.25, -0.2) is 0 Å². The number of nitrogens with two attached hydrogens (primary N) is 1. The minimum absolute atomic E-state index is 0.0292. The van der Waals surface area contributed by atoms with Crippen molar-refractivity contribution >= 4 is 29.0 Å². The summed E-state index contributed by atoms with van der Waals surface area (Å²) in [6.45, 7) is 4.49. The number of methoxy groups -OCH3 is 2. The fourth-order valence-electron chi connectivity index (χ4n) is 7.17. The van der Waals surface area contributed by atoms with E-state index in [1.54, 1.807) is 14.0 Å². The zero-order valence-corrected chi connectivity index (χ0v) is 23.9. The average molecular weight is 564 g/mol. The van der Waals surface area contributed by atoms with Crippen molar-refractivity contribution in [3.63, 3.8) is 0 Å². The molecule has 0 aromatic rings. The van der Waals surface area contributed by atoms with Crippen LogP contribution in [0.1, 0.15) is 33.6 Å². The van der Waals surface area contributed by atoms with Crippen molar-refractivity contribution in [3.8, 4) is 6.07 Å². The van der Waals surface area contributed by atoms with E-state index in [4.69, 9.17) is 15.2 Å². The highest BCUT2D eigenvalue weighted by atomic mass is 16.5. The molecule has 2 aliphatic carbocycles. The zero-order chi connectivity index (χ0) is 30.1. The van der Waals surface area contributed by atoms with Crippen molar-refractivity contribution in [1.29, 1.82) is 5.26 Å². The van der Waals surface area contributed by atoms with Crippen LogP contribution in [-0.4, -0.2) is 103 Å². The average Bonchev–Trinajstić information content (AvgIpc) is 2.93. The van der Waals surface area contributed by atoms with Gasteiger partial charge in [-0.3, -0.25) is 33.8 Å². The number of ether oxygens (including phenoxy) is 2. The molecule has 6 atom stereocenters. The monoisotopic (exact) mass is 563 g/mol. The fraction of sp³-hybridized carbons (Fsp3) is 0.517. The molecule has 12 heteroatoms. The van der Waals surface area contributed by atoms with E-state index in [9.17, 15) is 29.2 Å². The Labute approximate surface area is 237 Å². The van der Waals surface area contributed by atoms with Crippen molar-refractivity contribution < 1.29 is 33.4 Å². The number of carbonyl (C=O) groups excluding carboxylic acids is 5. The maximum absolute atomic E-state index is 13.8. The van der Waals surface area contributed by atoms with Crippen molar-refractivity contribution in [1.82, 2.24) is 15.1 Å². The van der Waals surface area contributed by atoms with Crippen LogP contribution in [0.3, 0.4) is 0 Å². The van der Waals surface area contributed by atoms with Crippen LogP contribution < -0.4 is 11.1 Å². The number of amides is 1. The highest BCUT2D eigenvalue weighted by Gasteiger charge is 2.59. The standard InChI is InChI=1S/C29H33N5O7/c1-11-23(35)14-8-17-22-21-15(24(36)12(2)28(41-6)26(21)38)7-16(33(22)4)18(9-30)34(17)19(10-32-29(39)13(3)31)20(14)25(37)27(11)40-5/h13,16-19,22H,7-8,10,31H2,1-6H3,(H,32,39)/t13-,16+,17+,18+,19+,22+/m0/s1. The molecule has 5 rings (SSSR count). The highest BCUT2D eigenvalue weighted by molar-refractivity contribution is 6.26. The first kappa shape index (κ1) is 28.6. The van der Waals surface area contributed by atoms with E-state index in [0.717, 1.165) is 0 Å². The van der Waals surface area contributed by atoms with Crippen LogP contribution in [0.5, 0.6) is 0 Å². The molecule has 0 unspecified atom stereocenters. The molecule has 0 saturated carbocycles. The lowest BCUT2D eigenvalue weighted by atomic mass is 9.67. The highest BCUT2D eigenvalue weighted by Crippen LogP contribution is 2.48. The number of nitrogens with zero attached hydrogens (tertiary/aromatic N) is 3. The van der Waals surface area contributed by atoms with Gasteiger partial charge in [-0.15, -0.1) is 0 Å². The van der Waals surface area contributed by atoms with Gasteiger partial charge < -0.3 is 20.5 Å². The Morgan fingerprint density at radius 2 is 1.49 bits per heavy atom. The molecule has 3 aliphatic heterocycles. The quantitative estimate of drug-likeness (QED) is 0.417. The van der Waals surface area contributed by atoms with Gasteiger partial charge in [-0.1, -0.05) is 0 Å². The first-order valence-corrected chi connectivity index (χ1v) is 13.5. The molecule has 0 radical (unpaired) electrons. The van der Waals surface area contributed by atoms with Gasteiger partial charge in [0.25, 0.3) is 0 Å². The summed E-state index contributed by atoms with van der Waals surface area (Å²) in [5.41, 5.74) is 7.20. The lowest BCUT2D eigenvalue weighted by Crippen LogP contribution is -2.74. The topological polar surface area (TPSA) is 172 Å². The van der Waals surface area contributed by atoms with E-state index in [1.807, 2.05) is 9.80 Å². The van der Waals surface area contributed by atoms with Gasteiger partial charge in [0.1, 0.15) is 6.04 Å². The van der Waals surface area contributed by atoms with Crippen LogP contribution in [-0.2, 0) is 33.4 Å². The number of nitriles is 1. The fourth-order valence-corrected chi connectivity index (χ4v) is 7.17. The van der Waals surface area contributed by atoms with E-state index in [-0.39, 0.29) is 70.3 Å². The molecular formula is C29H33N5O7. The van der Waals surface area contributed by atoms with Crippen LogP contribution in [0.25, 0.3) is 0 Å². The van der Waals surface area contributed by atoms with Gasteiger partial charge >= 0.3 is 0 Å². The van der Waals surface area contributed by atoms with Crippen LogP contribution in [0.2, 0.25) is 0 Å². The molecule has 1 saturated heterocycles. The summed E-state index contributed by atoms with van der Waals surface area (Å²) in [4.78, 5) is 71.0. The first-order valence-electron chi connectivity index (χ1n) is 13.5. The van der Waals surface area contributed by atoms with E-state index in [2.05, 4.69) is 11.4 Å². The number of rotatable bonds is 5. The molecule has 2 bridgehead atoms. The maximum Gasteiger partial charge on any atom is 0.236 e. The van der Waals surface area contributed by atoms with Gasteiger partial charge in [-0.05, 0) is 40.7 Å². The predicted octanol–water partition coefficient (Wildman–Crippen LogP) is -0.391. The lowest BCUT2D eigenvalue weighted by molar-refractivity contribution is -0.126. The van der Waals surface area contributed by atoms with Crippen LogP contribution in [0.15, 0.2) is 45.0 Å². The molecule has 1 fully saturated rings. The van der Waals surface area contributed by atoms with E-state index < -0.39 is 53.7 Å². The Hall–Kier alpha value is -3.92. The van der Waals surface area contributed by atoms with Crippen molar-refractivity contribution in [2.45, 2.75) is 69.9 Å². The molecule has 0 aromatic carbocycles. The second-order valence-electron chi connectivity index (χ2n) is 11.1. The first-order chi connectivity index (χ1) is 19.4. The van der Waals surface area contributed by atoms with Gasteiger partial charge in [0.15, 0.2) is 23.1 Å². The summed E-state index contributed by atoms with van der Waals surface area (Å²) in [7, 11) is 4.46. The molecule has 0 spiro atoms. The molecule has 0 aromatic heterocycles. The minimum atomic E-state index is -0.889. The maximum atomic E-state index is 13.8. The van der Waals surface area contributed by atoms with Crippen molar-refractivity contribution in [2.75, 3.05) is 27.8 Å². The number of piperazine rings is 1. The van der Waals surface area contributed by atoms with Gasteiger partial charge in [0.05, 0.1) is 38.4 Å². The molecule has 216 valence electrons. The molecule has 3 heterocycles. The SMILES string of the molecule is COC1=C(C)C(=O)C2=C(C1=O)[C@@H](CNC(=O)[C@H](C)N)N1[C@H](C#N)[C@H]3CC4=C(C(=O)C(OC)=C(C)C4=O)[C@@H]([C@H]1C2)N3C. The number of carbonyl (C=O) groups is 5. The van der Waals surface area contributed by atoms with Gasteiger partial charge in [0, 0.05) is 52.1 Å². The lowest BCUT2D eigenvalue weighted by Gasteiger charge is -2.60. The number of fused-ring (bicyclic) bond motifs is 5. The predicted molar refractivity (Wildman–Crippen MR) is 144 cm³/mol. The van der Waals surface area contributed by atoms with Gasteiger partial charge in [0.2, 0.25) is 17.5 Å². The van der Waals surface area contributed by atoms with Gasteiger partial charge in [-0.2, -0.15) is 5.26 Å². The minimum Gasteiger partial charge on any atom is -0.492 e. The largest absolute Gasteiger partial charge is 0.492 e. The summed E-state index contributed by atoms with van der Waals surface area (Å²) in [5.74, 6) is -2.14. The van der Waals surface area contributed by atoms with Crippen LogP contribution in [0, 0.1) is 11.3 Å². The third-order valence-corrected chi connectivity index (χ3v) is 9.10. The van der Waals surface area contributed by atoms with Crippen molar-refractivity contribution in [2.24, 2.45) is 5.73 Å². The molecule has 41 heavy (non-hydrogen) atoms. The Morgan fingerprint density at radius 3 is 2.00 bits per heavy atom. The molecular weight excluding hydrogens is 530 g/mol. The smallest absolute Gasteiger partial charge is 0.236 e. The number of Topliss-reactive ketones (excluding diaryl/α,β-unsaturated/α-hetero) is 4. The number of hydrogen-bond acceptors (Lipinski definition) is 11. The summed E-state index contributed by atoms with van der Waals surface area (Å²) in [6, 6.07) is -2.02. The number of likely N-dealkylation sites (N-methyl/N-ethyl adjacent to an activating group) is 1. The number of nitrogens with one attached hydrogen (secondary N) is 1. The van der Waals surface area contributed by atoms with Crippen LogP contribution >= 0.6 is 0 Å². The van der Waals surface area contributed by atoms with E-state index in [1.165, 1.54) is 28.1 Å². The summed E-state index contributed by atoms with van der Waals surface area (Å²) < 4.78 is 10.7. The molecule has 12 nitrogen and oxygen atoms in total. The van der Waals surface area contributed by atoms with Crippen molar-refractivity contribution in [3.05, 3.63) is 45.0 Å². The zero-order valence-electron chi connectivity index (χ0n) is 23.9. The van der Waals surface area contributed by atoms with E-state index >= 15 is 0 Å². The third-order valence-electron chi connectivity index (χ3n) is 9.10. The van der Waals surface area contributed by atoms with Crippen LogP contribution in [0.4, 0.5) is 0 Å². The Balaban J connectivity index is 1.71. The summed E-state index contributed by atoms with van der Waals surface area (Å²) in [6.07, 6.45) is 0.192. The van der Waals surface area contributed by atoms with E-state index in [0.29, 0.717) is 5.57 Å². The second-order valence-corrected chi connectivity index (χ2v) is 11.1. The Bertz CT molecular complexity index is 1480. The summed E-state index contributed by atoms with van der Waals surface area (Å²) in [5, 5.41) is 13.3. The third kappa shape index (κ3) is 3.94. The summed E-state index contributed by atoms with van der Waals surface area (Å²) >= 11 is 0. The molecule has 1 amide bonds. The number of hydrogen-bond donors (Lipinski definition) is 2. The Kier molecular flexibility index (Phi) is 7.09. The normalized spacial score (nSPS) is 31.0.